The minimum Gasteiger partial charge on any atom is -0.480 e. The molecule has 0 amide bonds. The summed E-state index contributed by atoms with van der Waals surface area (Å²) in [6.45, 7) is 0. The monoisotopic (exact) mass is 346 g/mol. The predicted octanol–water partition coefficient (Wildman–Crippen LogP) is 2.33. The van der Waals surface area contributed by atoms with Gasteiger partial charge in [0.05, 0.1) is 40.5 Å². The molecule has 1 fully saturated rings. The summed E-state index contributed by atoms with van der Waals surface area (Å²) in [7, 11) is 1.59. The lowest BCUT2D eigenvalue weighted by Gasteiger charge is -2.10. The molecule has 21 heavy (non-hydrogen) atoms. The summed E-state index contributed by atoms with van der Waals surface area (Å²) in [5, 5.41) is 4.97. The van der Waals surface area contributed by atoms with Crippen molar-refractivity contribution in [2.75, 3.05) is 7.11 Å². The quantitative estimate of drug-likeness (QED) is 0.724. The summed E-state index contributed by atoms with van der Waals surface area (Å²) < 4.78 is 6.92. The zero-order chi connectivity index (χ0) is 14.4. The van der Waals surface area contributed by atoms with Crippen molar-refractivity contribution < 1.29 is 4.74 Å². The fourth-order valence-corrected chi connectivity index (χ4v) is 2.70. The van der Waals surface area contributed by atoms with E-state index in [9.17, 15) is 0 Å². The normalized spacial score (nSPS) is 14.6. The van der Waals surface area contributed by atoms with Gasteiger partial charge in [-0.05, 0) is 12.8 Å². The number of rotatable bonds is 3. The van der Waals surface area contributed by atoms with Crippen LogP contribution in [0.15, 0.2) is 18.7 Å². The van der Waals surface area contributed by atoms with Gasteiger partial charge in [0, 0.05) is 12.1 Å². The first-order valence-electron chi connectivity index (χ1n) is 6.54. The largest absolute Gasteiger partial charge is 0.480 e. The van der Waals surface area contributed by atoms with Crippen LogP contribution in [0.2, 0.25) is 0 Å². The van der Waals surface area contributed by atoms with Crippen LogP contribution in [-0.2, 0) is 0 Å². The summed E-state index contributed by atoms with van der Waals surface area (Å²) in [5.74, 6) is 1.51. The van der Waals surface area contributed by atoms with E-state index in [1.165, 1.54) is 6.33 Å². The van der Waals surface area contributed by atoms with Crippen LogP contribution in [0.25, 0.3) is 22.4 Å². The number of ether oxygens (including phenoxy) is 1. The molecule has 0 aliphatic heterocycles. The molecule has 0 aromatic carbocycles. The zero-order valence-electron chi connectivity index (χ0n) is 11.2. The fourth-order valence-electron chi connectivity index (χ4n) is 2.32. The molecule has 0 spiro atoms. The Morgan fingerprint density at radius 3 is 2.86 bits per heavy atom. The average molecular weight is 347 g/mol. The zero-order valence-corrected chi connectivity index (χ0v) is 12.8. The Hall–Kier alpha value is -2.09. The van der Waals surface area contributed by atoms with Gasteiger partial charge >= 0.3 is 0 Å². The highest BCUT2D eigenvalue weighted by Gasteiger charge is 2.31. The molecule has 7 nitrogen and oxygen atoms in total. The molecule has 1 aliphatic rings. The van der Waals surface area contributed by atoms with Crippen LogP contribution in [0.5, 0.6) is 5.88 Å². The SMILES string of the molecule is COc1ncnc(C2CC2)c1-c1ncc2cnn(Br)c2n1. The van der Waals surface area contributed by atoms with Crippen molar-refractivity contribution in [1.29, 1.82) is 0 Å². The third kappa shape index (κ3) is 2.06. The van der Waals surface area contributed by atoms with Crippen LogP contribution in [0.1, 0.15) is 24.5 Å². The molecule has 3 aromatic heterocycles. The molecule has 0 atom stereocenters. The van der Waals surface area contributed by atoms with E-state index >= 15 is 0 Å². The molecule has 8 heteroatoms. The Bertz CT molecular complexity index is 829. The minimum absolute atomic E-state index is 0.449. The summed E-state index contributed by atoms with van der Waals surface area (Å²) in [6, 6.07) is 0. The molecule has 0 N–H and O–H groups in total. The number of hydrogen-bond acceptors (Lipinski definition) is 6. The first kappa shape index (κ1) is 12.6. The Morgan fingerprint density at radius 1 is 1.24 bits per heavy atom. The highest BCUT2D eigenvalue weighted by molar-refractivity contribution is 9.08. The third-order valence-electron chi connectivity index (χ3n) is 3.49. The van der Waals surface area contributed by atoms with Crippen molar-refractivity contribution >= 4 is 27.2 Å². The molecular weight excluding hydrogens is 336 g/mol. The van der Waals surface area contributed by atoms with Crippen LogP contribution in [-0.4, -0.2) is 35.9 Å². The van der Waals surface area contributed by atoms with Crippen LogP contribution in [0, 0.1) is 0 Å². The second-order valence-corrected chi connectivity index (χ2v) is 5.57. The summed E-state index contributed by atoms with van der Waals surface area (Å²) in [6.07, 6.45) is 7.24. The maximum Gasteiger partial charge on any atom is 0.227 e. The van der Waals surface area contributed by atoms with E-state index in [1.54, 1.807) is 23.2 Å². The van der Waals surface area contributed by atoms with Crippen molar-refractivity contribution in [3.8, 4) is 17.3 Å². The number of nitrogens with zero attached hydrogens (tertiary/aromatic N) is 6. The van der Waals surface area contributed by atoms with Crippen molar-refractivity contribution in [3.05, 3.63) is 24.4 Å². The molecule has 3 heterocycles. The molecule has 1 saturated carbocycles. The van der Waals surface area contributed by atoms with Crippen molar-refractivity contribution in [3.63, 3.8) is 0 Å². The molecule has 0 unspecified atom stereocenters. The Balaban J connectivity index is 1.96. The number of halogens is 1. The lowest BCUT2D eigenvalue weighted by Crippen LogP contribution is -2.02. The molecule has 0 bridgehead atoms. The number of methoxy groups -OCH3 is 1. The second-order valence-electron chi connectivity index (χ2n) is 4.89. The van der Waals surface area contributed by atoms with Gasteiger partial charge in [-0.2, -0.15) is 8.81 Å². The van der Waals surface area contributed by atoms with Gasteiger partial charge < -0.3 is 4.74 Å². The van der Waals surface area contributed by atoms with Crippen molar-refractivity contribution in [2.45, 2.75) is 18.8 Å². The van der Waals surface area contributed by atoms with Crippen LogP contribution in [0.4, 0.5) is 0 Å². The van der Waals surface area contributed by atoms with Gasteiger partial charge in [0.15, 0.2) is 11.5 Å². The Kier molecular flexibility index (Phi) is 2.85. The summed E-state index contributed by atoms with van der Waals surface area (Å²) in [4.78, 5) is 17.6. The molecular formula is C13H11BrN6O. The maximum absolute atomic E-state index is 5.38. The van der Waals surface area contributed by atoms with E-state index in [0.717, 1.165) is 29.5 Å². The minimum atomic E-state index is 0.449. The topological polar surface area (TPSA) is 78.6 Å². The van der Waals surface area contributed by atoms with E-state index in [4.69, 9.17) is 4.74 Å². The molecule has 1 aliphatic carbocycles. The number of fused-ring (bicyclic) bond motifs is 1. The van der Waals surface area contributed by atoms with Gasteiger partial charge in [-0.15, -0.1) is 0 Å². The average Bonchev–Trinajstić information content (AvgIpc) is 3.31. The van der Waals surface area contributed by atoms with Gasteiger partial charge in [-0.25, -0.2) is 19.9 Å². The Labute approximate surface area is 128 Å². The molecule has 0 saturated heterocycles. The highest BCUT2D eigenvalue weighted by atomic mass is 79.9. The van der Waals surface area contributed by atoms with E-state index in [1.807, 2.05) is 0 Å². The fraction of sp³-hybridized carbons (Fsp3) is 0.308. The smallest absolute Gasteiger partial charge is 0.227 e. The lowest BCUT2D eigenvalue weighted by molar-refractivity contribution is 0.397. The van der Waals surface area contributed by atoms with Crippen molar-refractivity contribution in [1.82, 2.24) is 28.7 Å². The molecule has 3 aromatic rings. The van der Waals surface area contributed by atoms with Crippen LogP contribution in [0.3, 0.4) is 0 Å². The van der Waals surface area contributed by atoms with Crippen LogP contribution < -0.4 is 4.74 Å². The van der Waals surface area contributed by atoms with Gasteiger partial charge in [-0.3, -0.25) is 0 Å². The first-order chi connectivity index (χ1) is 10.3. The second kappa shape index (κ2) is 4.73. The van der Waals surface area contributed by atoms with E-state index < -0.39 is 0 Å². The molecule has 4 rings (SSSR count). The predicted molar refractivity (Wildman–Crippen MR) is 79.2 cm³/mol. The lowest BCUT2D eigenvalue weighted by atomic mass is 10.1. The molecule has 106 valence electrons. The van der Waals surface area contributed by atoms with Gasteiger partial charge in [0.25, 0.3) is 0 Å². The van der Waals surface area contributed by atoms with Crippen molar-refractivity contribution in [2.24, 2.45) is 0 Å². The molecule has 0 radical (unpaired) electrons. The first-order valence-corrected chi connectivity index (χ1v) is 7.25. The number of hydrogen-bond donors (Lipinski definition) is 0. The number of aromatic nitrogens is 6. The highest BCUT2D eigenvalue weighted by Crippen LogP contribution is 2.44. The van der Waals surface area contributed by atoms with Gasteiger partial charge in [-0.1, -0.05) is 0 Å². The summed E-state index contributed by atoms with van der Waals surface area (Å²) >= 11 is 3.32. The van der Waals surface area contributed by atoms with Crippen LogP contribution >= 0.6 is 16.1 Å². The maximum atomic E-state index is 5.38. The summed E-state index contributed by atoms with van der Waals surface area (Å²) in [5.41, 5.74) is 2.44. The van der Waals surface area contributed by atoms with E-state index in [0.29, 0.717) is 23.3 Å². The standard InChI is InChI=1S/C13H11BrN6O/c1-21-13-9(10(7-2-3-7)16-6-17-13)11-15-4-8-5-18-20(14)12(8)19-11/h4-7H,2-3H2,1H3. The van der Waals surface area contributed by atoms with E-state index in [-0.39, 0.29) is 0 Å². The Morgan fingerprint density at radius 2 is 2.10 bits per heavy atom. The van der Waals surface area contributed by atoms with Gasteiger partial charge in [0.2, 0.25) is 5.88 Å². The van der Waals surface area contributed by atoms with E-state index in [2.05, 4.69) is 41.2 Å². The third-order valence-corrected chi connectivity index (χ3v) is 4.01. The van der Waals surface area contributed by atoms with Gasteiger partial charge in [0.1, 0.15) is 11.9 Å².